The van der Waals surface area contributed by atoms with Gasteiger partial charge in [-0.25, -0.2) is 9.59 Å². The summed E-state index contributed by atoms with van der Waals surface area (Å²) in [6, 6.07) is 10.7. The van der Waals surface area contributed by atoms with E-state index in [2.05, 4.69) is 10.2 Å². The number of hydrogen-bond donors (Lipinski definition) is 2. The Labute approximate surface area is 132 Å². The molecule has 0 radical (unpaired) electrons. The van der Waals surface area contributed by atoms with Gasteiger partial charge in [0, 0.05) is 6.54 Å². The molecule has 1 aromatic heterocycles. The number of nitrogens with one attached hydrogen (secondary N) is 1. The third kappa shape index (κ3) is 3.33. The van der Waals surface area contributed by atoms with Crippen LogP contribution in [0.2, 0.25) is 0 Å². The molecule has 1 aliphatic rings. The van der Waals surface area contributed by atoms with Crippen molar-refractivity contribution in [3.05, 3.63) is 53.3 Å². The van der Waals surface area contributed by atoms with Crippen molar-refractivity contribution in [1.29, 1.82) is 0 Å². The minimum absolute atomic E-state index is 0.0514. The van der Waals surface area contributed by atoms with Gasteiger partial charge in [-0.2, -0.15) is 5.10 Å². The van der Waals surface area contributed by atoms with Crippen molar-refractivity contribution in [1.82, 2.24) is 15.1 Å². The van der Waals surface area contributed by atoms with Gasteiger partial charge in [0.05, 0.1) is 11.7 Å². The smallest absolute Gasteiger partial charge is 0.410 e. The fourth-order valence-corrected chi connectivity index (χ4v) is 2.73. The number of carbonyl (C=O) groups excluding carboxylic acids is 1. The third-order valence-corrected chi connectivity index (χ3v) is 3.87. The number of amides is 1. The molecule has 0 saturated carbocycles. The molecule has 3 rings (SSSR count). The zero-order valence-corrected chi connectivity index (χ0v) is 12.4. The van der Waals surface area contributed by atoms with Crippen LogP contribution in [0.4, 0.5) is 4.79 Å². The summed E-state index contributed by atoms with van der Waals surface area (Å²) in [6.45, 7) is 0.798. The lowest BCUT2D eigenvalue weighted by atomic mass is 10.1. The number of rotatable bonds is 4. The number of carbonyl (C=O) groups is 2. The van der Waals surface area contributed by atoms with Crippen LogP contribution in [0.3, 0.4) is 0 Å². The molecule has 2 heterocycles. The van der Waals surface area contributed by atoms with Crippen molar-refractivity contribution < 1.29 is 19.4 Å². The lowest BCUT2D eigenvalue weighted by Gasteiger charge is -2.23. The second-order valence-corrected chi connectivity index (χ2v) is 5.41. The van der Waals surface area contributed by atoms with E-state index >= 15 is 0 Å². The summed E-state index contributed by atoms with van der Waals surface area (Å²) in [5.74, 6) is -1.09. The van der Waals surface area contributed by atoms with Gasteiger partial charge < -0.3 is 9.84 Å². The first-order valence-corrected chi connectivity index (χ1v) is 7.41. The minimum atomic E-state index is -1.09. The van der Waals surface area contributed by atoms with Crippen molar-refractivity contribution in [3.63, 3.8) is 0 Å². The maximum absolute atomic E-state index is 12.3. The van der Waals surface area contributed by atoms with Crippen LogP contribution in [0.25, 0.3) is 0 Å². The Balaban J connectivity index is 1.65. The summed E-state index contributed by atoms with van der Waals surface area (Å²) in [7, 11) is 0. The van der Waals surface area contributed by atoms with Gasteiger partial charge in [0.1, 0.15) is 6.61 Å². The Bertz CT molecular complexity index is 698. The molecule has 7 heteroatoms. The molecule has 23 heavy (non-hydrogen) atoms. The first kappa shape index (κ1) is 15.1. The molecule has 1 saturated heterocycles. The molecule has 1 atom stereocenters. The van der Waals surface area contributed by atoms with E-state index in [0.717, 1.165) is 18.4 Å². The number of nitrogens with zero attached hydrogens (tertiary/aromatic N) is 2. The van der Waals surface area contributed by atoms with Crippen LogP contribution >= 0.6 is 0 Å². The standard InChI is InChI=1S/C16H17N3O4/c20-15(21)13-9-12(17-18-13)14-7-4-8-19(14)16(22)23-10-11-5-2-1-3-6-11/h1-3,5-6,9,14H,4,7-8,10H2,(H,17,18)(H,20,21). The molecule has 0 spiro atoms. The molecule has 120 valence electrons. The maximum Gasteiger partial charge on any atom is 0.410 e. The Hall–Kier alpha value is -2.83. The monoisotopic (exact) mass is 315 g/mol. The molecule has 1 amide bonds. The summed E-state index contributed by atoms with van der Waals surface area (Å²) >= 11 is 0. The molecule has 1 unspecified atom stereocenters. The zero-order chi connectivity index (χ0) is 16.2. The lowest BCUT2D eigenvalue weighted by Crippen LogP contribution is -2.31. The van der Waals surface area contributed by atoms with Crippen LogP contribution in [-0.2, 0) is 11.3 Å². The average molecular weight is 315 g/mol. The maximum atomic E-state index is 12.3. The fraction of sp³-hybridized carbons (Fsp3) is 0.312. The lowest BCUT2D eigenvalue weighted by molar-refractivity contribution is 0.0690. The normalized spacial score (nSPS) is 17.2. The van der Waals surface area contributed by atoms with Crippen LogP contribution in [0.5, 0.6) is 0 Å². The van der Waals surface area contributed by atoms with Crippen LogP contribution in [0.1, 0.15) is 40.6 Å². The molecular formula is C16H17N3O4. The second-order valence-electron chi connectivity index (χ2n) is 5.41. The molecule has 1 aromatic carbocycles. The molecular weight excluding hydrogens is 298 g/mol. The molecule has 7 nitrogen and oxygen atoms in total. The number of carboxylic acid groups (broad SMARTS) is 1. The number of aromatic nitrogens is 2. The Morgan fingerprint density at radius 3 is 2.83 bits per heavy atom. The van der Waals surface area contributed by atoms with E-state index in [-0.39, 0.29) is 18.3 Å². The van der Waals surface area contributed by atoms with Crippen molar-refractivity contribution in [2.24, 2.45) is 0 Å². The SMILES string of the molecule is O=C(O)c1cc(C2CCCN2C(=O)OCc2ccccc2)[nH]n1. The predicted molar refractivity (Wildman–Crippen MR) is 80.9 cm³/mol. The van der Waals surface area contributed by atoms with Gasteiger partial charge in [0.2, 0.25) is 0 Å². The van der Waals surface area contributed by atoms with Gasteiger partial charge in [0.25, 0.3) is 0 Å². The topological polar surface area (TPSA) is 95.5 Å². The number of aromatic carboxylic acids is 1. The summed E-state index contributed by atoms with van der Waals surface area (Å²) in [6.07, 6.45) is 1.19. The van der Waals surface area contributed by atoms with Crippen LogP contribution in [-0.4, -0.2) is 38.8 Å². The highest BCUT2D eigenvalue weighted by Crippen LogP contribution is 2.31. The van der Waals surface area contributed by atoms with Crippen molar-refractivity contribution in [3.8, 4) is 0 Å². The highest BCUT2D eigenvalue weighted by Gasteiger charge is 2.32. The largest absolute Gasteiger partial charge is 0.476 e. The van der Waals surface area contributed by atoms with Gasteiger partial charge >= 0.3 is 12.1 Å². The first-order chi connectivity index (χ1) is 11.1. The van der Waals surface area contributed by atoms with E-state index < -0.39 is 12.1 Å². The van der Waals surface area contributed by atoms with E-state index in [1.807, 2.05) is 30.3 Å². The van der Waals surface area contributed by atoms with Gasteiger partial charge in [-0.3, -0.25) is 10.00 Å². The molecule has 2 N–H and O–H groups in total. The predicted octanol–water partition coefficient (Wildman–Crippen LogP) is 2.58. The van der Waals surface area contributed by atoms with Crippen LogP contribution in [0.15, 0.2) is 36.4 Å². The number of aromatic amines is 1. The first-order valence-electron chi connectivity index (χ1n) is 7.41. The summed E-state index contributed by atoms with van der Waals surface area (Å²) in [5, 5.41) is 15.4. The number of H-pyrrole nitrogens is 1. The third-order valence-electron chi connectivity index (χ3n) is 3.87. The Morgan fingerprint density at radius 1 is 1.35 bits per heavy atom. The van der Waals surface area contributed by atoms with Gasteiger partial charge in [-0.15, -0.1) is 0 Å². The molecule has 2 aromatic rings. The minimum Gasteiger partial charge on any atom is -0.476 e. The van der Waals surface area contributed by atoms with Crippen molar-refractivity contribution in [2.45, 2.75) is 25.5 Å². The second kappa shape index (κ2) is 6.51. The molecule has 0 aliphatic carbocycles. The highest BCUT2D eigenvalue weighted by atomic mass is 16.6. The number of ether oxygens (including phenoxy) is 1. The number of benzene rings is 1. The van der Waals surface area contributed by atoms with Gasteiger partial charge in [0.15, 0.2) is 5.69 Å². The van der Waals surface area contributed by atoms with Crippen molar-refractivity contribution in [2.75, 3.05) is 6.54 Å². The zero-order valence-electron chi connectivity index (χ0n) is 12.4. The summed E-state index contributed by atoms with van der Waals surface area (Å²) in [4.78, 5) is 24.8. The van der Waals surface area contributed by atoms with E-state index in [1.54, 1.807) is 4.90 Å². The molecule has 1 fully saturated rings. The number of carboxylic acids is 1. The van der Waals surface area contributed by atoms with E-state index in [4.69, 9.17) is 9.84 Å². The van der Waals surface area contributed by atoms with Crippen LogP contribution < -0.4 is 0 Å². The Kier molecular flexibility index (Phi) is 4.27. The summed E-state index contributed by atoms with van der Waals surface area (Å²) < 4.78 is 5.35. The van der Waals surface area contributed by atoms with Crippen LogP contribution in [0, 0.1) is 0 Å². The van der Waals surface area contributed by atoms with Gasteiger partial charge in [-0.1, -0.05) is 30.3 Å². The molecule has 0 bridgehead atoms. The number of likely N-dealkylation sites (tertiary alicyclic amines) is 1. The Morgan fingerprint density at radius 2 is 2.13 bits per heavy atom. The number of hydrogen-bond acceptors (Lipinski definition) is 4. The highest BCUT2D eigenvalue weighted by molar-refractivity contribution is 5.85. The summed E-state index contributed by atoms with van der Waals surface area (Å²) in [5.41, 5.74) is 1.49. The molecule has 1 aliphatic heterocycles. The fourth-order valence-electron chi connectivity index (χ4n) is 2.73. The van der Waals surface area contributed by atoms with E-state index in [0.29, 0.717) is 12.2 Å². The van der Waals surface area contributed by atoms with Crippen molar-refractivity contribution >= 4 is 12.1 Å². The van der Waals surface area contributed by atoms with Gasteiger partial charge in [-0.05, 0) is 24.5 Å². The quantitative estimate of drug-likeness (QED) is 0.904. The van der Waals surface area contributed by atoms with E-state index in [1.165, 1.54) is 6.07 Å². The average Bonchev–Trinajstić information content (AvgIpc) is 3.22. The van der Waals surface area contributed by atoms with E-state index in [9.17, 15) is 9.59 Å².